The third kappa shape index (κ3) is 20.4. The lowest BCUT2D eigenvalue weighted by Gasteiger charge is -2.50. The number of nitrogens with one attached hydrogen (secondary N) is 2. The van der Waals surface area contributed by atoms with Crippen LogP contribution in [0.25, 0.3) is 10.4 Å². The number of carbonyl (C=O) groups is 4. The van der Waals surface area contributed by atoms with Gasteiger partial charge < -0.3 is 91.5 Å². The molecule has 4 aromatic carbocycles. The summed E-state index contributed by atoms with van der Waals surface area (Å²) in [4.78, 5) is 59.7. The van der Waals surface area contributed by atoms with E-state index in [4.69, 9.17) is 151 Å². The fourth-order valence-corrected chi connectivity index (χ4v) is 12.9. The summed E-state index contributed by atoms with van der Waals surface area (Å²) in [5.74, 6) is -2.98. The van der Waals surface area contributed by atoms with Crippen LogP contribution < -0.4 is 10.6 Å². The van der Waals surface area contributed by atoms with Crippen LogP contribution in [-0.4, -0.2) is 187 Å². The van der Waals surface area contributed by atoms with Crippen molar-refractivity contribution in [2.24, 2.45) is 17.0 Å². The van der Waals surface area contributed by atoms with E-state index in [2.05, 4.69) is 20.7 Å². The van der Waals surface area contributed by atoms with E-state index in [0.717, 1.165) is 0 Å². The molecule has 10 rings (SSSR count). The van der Waals surface area contributed by atoms with Crippen molar-refractivity contribution in [1.29, 1.82) is 0 Å². The zero-order chi connectivity index (χ0) is 70.4. The molecular weight excluding hydrogens is 1420 g/mol. The molecule has 0 bridgehead atoms. The predicted octanol–water partition coefficient (Wildman–Crippen LogP) is 11.6. The molecule has 6 fully saturated rings. The average Bonchev–Trinajstić information content (AvgIpc) is 1.75. The van der Waals surface area contributed by atoms with Crippen molar-refractivity contribution in [3.05, 3.63) is 154 Å². The van der Waals surface area contributed by atoms with Gasteiger partial charge in [0.05, 0.1) is 48.8 Å². The summed E-state index contributed by atoms with van der Waals surface area (Å²) < 4.78 is 101. The van der Waals surface area contributed by atoms with Gasteiger partial charge in [0.1, 0.15) is 61.9 Å². The van der Waals surface area contributed by atoms with Gasteiger partial charge in [0.15, 0.2) is 49.9 Å². The first-order chi connectivity index (χ1) is 47.6. The highest BCUT2D eigenvalue weighted by Gasteiger charge is 2.60. The lowest BCUT2D eigenvalue weighted by atomic mass is 9.93. The quantitative estimate of drug-likeness (QED) is 0.00950. The molecule has 22 atom stereocenters. The smallest absolute Gasteiger partial charge is 0.407 e. The third-order valence-electron chi connectivity index (χ3n) is 17.5. The fraction of sp³-hybridized carbons (Fsp3) is 0.582. The second kappa shape index (κ2) is 35.9. The first-order valence-corrected chi connectivity index (χ1v) is 34.9. The molecule has 6 aliphatic heterocycles. The summed E-state index contributed by atoms with van der Waals surface area (Å²) in [6.45, 7) is 5.85. The monoisotopic (exact) mass is 1500 g/mol. The minimum atomic E-state index is -2.06. The normalized spacial score (nSPS) is 32.0. The number of fused-ring (bicyclic) bond motifs is 2. The van der Waals surface area contributed by atoms with E-state index in [1.165, 1.54) is 0 Å². The Hall–Kier alpha value is -5.11. The molecule has 6 heterocycles. The molecule has 0 radical (unpaired) electrons. The third-order valence-corrected chi connectivity index (χ3v) is 18.2. The van der Waals surface area contributed by atoms with Crippen LogP contribution in [-0.2, 0) is 75.8 Å². The van der Waals surface area contributed by atoms with Crippen molar-refractivity contribution < 1.29 is 100 Å². The molecule has 540 valence electrons. The predicted molar refractivity (Wildman–Crippen MR) is 356 cm³/mol. The number of hydrogen-bond donors (Lipinski definition) is 3. The summed E-state index contributed by atoms with van der Waals surface area (Å²) in [5.41, 5.74) is 10.5. The number of aliphatic hydroxyl groups excluding tert-OH is 1. The number of nitrogens with zero attached hydrogens (tertiary/aromatic N) is 3. The summed E-state index contributed by atoms with van der Waals surface area (Å²) in [6, 6.07) is 31.9. The largest absolute Gasteiger partial charge is 0.453 e. The van der Waals surface area contributed by atoms with Crippen LogP contribution in [0.5, 0.6) is 0 Å². The second-order valence-corrected chi connectivity index (χ2v) is 29.5. The van der Waals surface area contributed by atoms with Crippen molar-refractivity contribution in [2.75, 3.05) is 39.6 Å². The number of hydrogen-bond acceptors (Lipinski definition) is 22. The van der Waals surface area contributed by atoms with Gasteiger partial charge in [-0.05, 0) is 55.5 Å². The molecule has 6 saturated heterocycles. The topological polar surface area (TPSA) is 309 Å². The van der Waals surface area contributed by atoms with Crippen LogP contribution in [0.15, 0.2) is 126 Å². The SMILES string of the molecule is CC[C@@H](O)[C@@H]1O[C@@H](OC2C(NC(=O)OCC(Cl)(Cl)Cl)C(O[C@H](CC)[C@@H]3O[C@@H](OC4C(NC(=O)OCC(Cl)(Cl)Cl)C(OCCCCCN=[N+]=[N-])OC5COC(c6ccccc6)OC54)C(OC(=O)c4ccccc4)[C@@H]3C)OC3COC(c4ccccc4)OC32)C(OC(=O)c2ccccc2)[C@@H]1C. The number of rotatable bonds is 27. The minimum absolute atomic E-state index is 0.0693. The summed E-state index contributed by atoms with van der Waals surface area (Å²) in [5, 5.41) is 20.7. The molecule has 3 N–H and O–H groups in total. The highest BCUT2D eigenvalue weighted by molar-refractivity contribution is 6.68. The molecule has 2 amide bonds. The Balaban J connectivity index is 1.02. The molecule has 0 aromatic heterocycles. The molecule has 0 aliphatic carbocycles. The van der Waals surface area contributed by atoms with Crippen molar-refractivity contribution in [3.63, 3.8) is 0 Å². The Morgan fingerprint density at radius 2 is 1.02 bits per heavy atom. The maximum Gasteiger partial charge on any atom is 0.407 e. The number of alkyl halides is 6. The van der Waals surface area contributed by atoms with Crippen LogP contribution in [0.2, 0.25) is 0 Å². The molecule has 32 heteroatoms. The van der Waals surface area contributed by atoms with E-state index in [9.17, 15) is 24.3 Å². The van der Waals surface area contributed by atoms with Gasteiger partial charge in [0.2, 0.25) is 7.59 Å². The first-order valence-electron chi connectivity index (χ1n) is 32.6. The van der Waals surface area contributed by atoms with Crippen molar-refractivity contribution in [1.82, 2.24) is 10.6 Å². The van der Waals surface area contributed by atoms with Gasteiger partial charge in [0, 0.05) is 41.0 Å². The van der Waals surface area contributed by atoms with Crippen molar-refractivity contribution in [2.45, 2.75) is 190 Å². The average molecular weight is 1500 g/mol. The Labute approximate surface area is 602 Å². The Bertz CT molecular complexity index is 3280. The number of unbranched alkanes of at least 4 members (excludes halogenated alkanes) is 2. The van der Waals surface area contributed by atoms with E-state index in [1.54, 1.807) is 100 Å². The molecular formula is C67H79Cl6N5O21. The highest BCUT2D eigenvalue weighted by atomic mass is 35.6. The maximum atomic E-state index is 14.5. The number of halogens is 6. The number of amides is 2. The lowest BCUT2D eigenvalue weighted by molar-refractivity contribution is -0.371. The molecule has 99 heavy (non-hydrogen) atoms. The fourth-order valence-electron chi connectivity index (χ4n) is 12.6. The zero-order valence-electron chi connectivity index (χ0n) is 54.2. The number of benzene rings is 4. The van der Waals surface area contributed by atoms with Gasteiger partial charge in [-0.3, -0.25) is 0 Å². The summed E-state index contributed by atoms with van der Waals surface area (Å²) in [6.07, 6.45) is -21.7. The molecule has 0 spiro atoms. The molecule has 26 nitrogen and oxygen atoms in total. The van der Waals surface area contributed by atoms with Crippen molar-refractivity contribution >= 4 is 93.7 Å². The van der Waals surface area contributed by atoms with Gasteiger partial charge in [0.25, 0.3) is 0 Å². The lowest BCUT2D eigenvalue weighted by Crippen LogP contribution is -2.69. The number of azide groups is 1. The van der Waals surface area contributed by atoms with E-state index < -0.39 is 180 Å². The van der Waals surface area contributed by atoms with Crippen LogP contribution in [0.1, 0.15) is 104 Å². The van der Waals surface area contributed by atoms with Crippen LogP contribution in [0.3, 0.4) is 0 Å². The first kappa shape index (κ1) is 76.5. The van der Waals surface area contributed by atoms with Gasteiger partial charge in [-0.2, -0.15) is 0 Å². The van der Waals surface area contributed by atoms with Gasteiger partial charge in [-0.25, -0.2) is 19.2 Å². The van der Waals surface area contributed by atoms with E-state index in [-0.39, 0.29) is 50.3 Å². The van der Waals surface area contributed by atoms with Gasteiger partial charge in [-0.15, -0.1) is 0 Å². The number of carbonyl (C=O) groups excluding carboxylic acids is 4. The molecule has 6 aliphatic rings. The van der Waals surface area contributed by atoms with E-state index >= 15 is 0 Å². The number of esters is 2. The van der Waals surface area contributed by atoms with Gasteiger partial charge in [-0.1, -0.05) is 206 Å². The zero-order valence-corrected chi connectivity index (χ0v) is 58.8. The highest BCUT2D eigenvalue weighted by Crippen LogP contribution is 2.44. The molecule has 0 saturated carbocycles. The number of ether oxygens (including phenoxy) is 16. The van der Waals surface area contributed by atoms with E-state index in [0.29, 0.717) is 30.4 Å². The van der Waals surface area contributed by atoms with Crippen LogP contribution in [0.4, 0.5) is 9.59 Å². The van der Waals surface area contributed by atoms with Gasteiger partial charge >= 0.3 is 24.1 Å². The number of aliphatic hydroxyl groups is 1. The van der Waals surface area contributed by atoms with Crippen LogP contribution in [0, 0.1) is 11.8 Å². The summed E-state index contributed by atoms with van der Waals surface area (Å²) >= 11 is 36.6. The Morgan fingerprint density at radius 3 is 1.47 bits per heavy atom. The second-order valence-electron chi connectivity index (χ2n) is 24.4. The van der Waals surface area contributed by atoms with E-state index in [1.807, 2.05) is 48.5 Å². The molecule has 4 aromatic rings. The Morgan fingerprint density at radius 1 is 0.576 bits per heavy atom. The van der Waals surface area contributed by atoms with Crippen molar-refractivity contribution in [3.8, 4) is 0 Å². The Kier molecular flexibility index (Phi) is 27.7. The van der Waals surface area contributed by atoms with Crippen LogP contribution >= 0.6 is 69.6 Å². The maximum absolute atomic E-state index is 14.5. The summed E-state index contributed by atoms with van der Waals surface area (Å²) in [7, 11) is 0. The number of alkyl carbamates (subject to hydrolysis) is 2. The minimum Gasteiger partial charge on any atom is -0.453 e. The molecule has 14 unspecified atom stereocenters. The standard InChI is InChI=1S/C67H79Cl6N5O21/c1-5-42(79)48-36(3)50(92-56(80)38-22-12-7-13-23-38)62(94-48)99-55-47(77-65(83)88-35-67(71,72)73)61(91-45-33-86-59(97-53(45)55)41-28-18-10-19-29-41)89-43(6-2)49-37(4)51(93-57(81)39-24-14-8-15-25-39)63(95-49)98-54-46(76-64(82)87-34-66(68,69)70)60(84-31-21-11-20-30-75-78-74)90-44-32-85-58(96-52(44)54)40-26-16-9-17-27-40/h7-10,12-19,22-29,36-37,42-55,58-63,79H,5-6,11,20-21,30-35H2,1-4H3,(H,76,82)(H,77,83)/t36-,37-,42-,43-,44?,45?,46?,47?,48-,49-,50?,51?,52?,53?,54?,55?,58?,59?,60?,61?,62+,63+/m1/s1.